The molecule has 0 saturated carbocycles. The summed E-state index contributed by atoms with van der Waals surface area (Å²) in [7, 11) is 1.63. The average Bonchev–Trinajstić information content (AvgIpc) is 3.48. The summed E-state index contributed by atoms with van der Waals surface area (Å²) in [5.74, 6) is 1.17. The Bertz CT molecular complexity index is 1390. The van der Waals surface area contributed by atoms with Crippen molar-refractivity contribution in [1.82, 2.24) is 20.2 Å². The van der Waals surface area contributed by atoms with Gasteiger partial charge in [-0.25, -0.2) is 9.97 Å². The first kappa shape index (κ1) is 26.8. The third kappa shape index (κ3) is 7.63. The molecule has 0 radical (unpaired) electrons. The Morgan fingerprint density at radius 2 is 1.90 bits per heavy atom. The third-order valence-electron chi connectivity index (χ3n) is 6.55. The molecular formula is C30H33N5O3S. The summed E-state index contributed by atoms with van der Waals surface area (Å²) in [6, 6.07) is 21.7. The van der Waals surface area contributed by atoms with E-state index in [2.05, 4.69) is 38.7 Å². The molecule has 0 bridgehead atoms. The van der Waals surface area contributed by atoms with Gasteiger partial charge in [0.2, 0.25) is 5.95 Å². The second-order valence-corrected chi connectivity index (χ2v) is 10.4. The smallest absolute Gasteiger partial charge is 0.261 e. The second kappa shape index (κ2) is 13.3. The number of morpholine rings is 1. The molecule has 1 fully saturated rings. The molecule has 1 aliphatic heterocycles. The van der Waals surface area contributed by atoms with Crippen LogP contribution in [0.25, 0.3) is 10.6 Å². The maximum absolute atomic E-state index is 12.7. The molecular weight excluding hydrogens is 510 g/mol. The van der Waals surface area contributed by atoms with E-state index < -0.39 is 0 Å². The van der Waals surface area contributed by atoms with Crippen molar-refractivity contribution in [1.29, 1.82) is 0 Å². The van der Waals surface area contributed by atoms with Gasteiger partial charge in [0, 0.05) is 31.5 Å². The van der Waals surface area contributed by atoms with Crippen molar-refractivity contribution in [2.45, 2.75) is 19.4 Å². The Labute approximate surface area is 233 Å². The predicted octanol–water partition coefficient (Wildman–Crippen LogP) is 5.15. The highest BCUT2D eigenvalue weighted by Gasteiger charge is 2.13. The van der Waals surface area contributed by atoms with Gasteiger partial charge in [0.1, 0.15) is 5.75 Å². The minimum atomic E-state index is -0.119. The summed E-state index contributed by atoms with van der Waals surface area (Å²) in [6.07, 6.45) is 3.87. The van der Waals surface area contributed by atoms with E-state index in [9.17, 15) is 4.79 Å². The zero-order chi connectivity index (χ0) is 26.9. The summed E-state index contributed by atoms with van der Waals surface area (Å²) in [4.78, 5) is 25.8. The van der Waals surface area contributed by atoms with Crippen molar-refractivity contribution in [2.75, 3.05) is 45.3 Å². The van der Waals surface area contributed by atoms with Crippen LogP contribution in [-0.4, -0.2) is 60.7 Å². The van der Waals surface area contributed by atoms with E-state index in [4.69, 9.17) is 14.5 Å². The van der Waals surface area contributed by atoms with Crippen LogP contribution < -0.4 is 15.4 Å². The van der Waals surface area contributed by atoms with Gasteiger partial charge in [0.25, 0.3) is 5.91 Å². The fraction of sp³-hybridized carbons (Fsp3) is 0.300. The Balaban J connectivity index is 1.17. The van der Waals surface area contributed by atoms with Gasteiger partial charge in [-0.15, -0.1) is 11.3 Å². The van der Waals surface area contributed by atoms with Crippen LogP contribution in [0.1, 0.15) is 27.2 Å². The molecule has 3 heterocycles. The Morgan fingerprint density at radius 3 is 2.77 bits per heavy atom. The molecule has 0 unspecified atom stereocenters. The number of carbonyl (C=O) groups is 1. The number of amides is 1. The van der Waals surface area contributed by atoms with Crippen LogP contribution in [0.4, 0.5) is 11.6 Å². The molecule has 9 heteroatoms. The van der Waals surface area contributed by atoms with Gasteiger partial charge >= 0.3 is 0 Å². The van der Waals surface area contributed by atoms with Gasteiger partial charge in [-0.05, 0) is 73.0 Å². The highest BCUT2D eigenvalue weighted by molar-refractivity contribution is 7.17. The van der Waals surface area contributed by atoms with Crippen molar-refractivity contribution in [3.63, 3.8) is 0 Å². The van der Waals surface area contributed by atoms with Crippen LogP contribution in [0.2, 0.25) is 0 Å². The van der Waals surface area contributed by atoms with E-state index in [0.717, 1.165) is 73.3 Å². The number of rotatable bonds is 11. The monoisotopic (exact) mass is 543 g/mol. The molecule has 2 aromatic carbocycles. The van der Waals surface area contributed by atoms with E-state index in [1.165, 1.54) is 16.9 Å². The summed E-state index contributed by atoms with van der Waals surface area (Å²) in [5, 5.41) is 6.31. The first-order chi connectivity index (χ1) is 19.2. The molecule has 1 saturated heterocycles. The predicted molar refractivity (Wildman–Crippen MR) is 155 cm³/mol. The molecule has 4 aromatic rings. The van der Waals surface area contributed by atoms with Gasteiger partial charge < -0.3 is 20.1 Å². The first-order valence-corrected chi connectivity index (χ1v) is 14.0. The minimum Gasteiger partial charge on any atom is -0.497 e. The van der Waals surface area contributed by atoms with Crippen LogP contribution in [-0.2, 0) is 17.7 Å². The van der Waals surface area contributed by atoms with Gasteiger partial charge in [-0.3, -0.25) is 9.69 Å². The van der Waals surface area contributed by atoms with Crippen LogP contribution in [0.5, 0.6) is 5.75 Å². The number of aromatic nitrogens is 2. The van der Waals surface area contributed by atoms with Gasteiger partial charge in [0.05, 0.1) is 35.8 Å². The standard InChI is InChI=1S/C30H33N5O3S/c1-37-25-9-3-6-23(20-25)21-32-29(36)28-11-10-27(39-28)26-12-13-31-30(34-26)33-24-8-2-5-22(19-24)7-4-14-35-15-17-38-18-16-35/h2-3,5-6,8-13,19-20H,4,7,14-18,21H2,1H3,(H,32,36)(H,31,33,34). The van der Waals surface area contributed by atoms with Crippen LogP contribution in [0.15, 0.2) is 72.9 Å². The topological polar surface area (TPSA) is 88.6 Å². The van der Waals surface area contributed by atoms with Gasteiger partial charge in [-0.2, -0.15) is 0 Å². The number of ether oxygens (including phenoxy) is 2. The summed E-state index contributed by atoms with van der Waals surface area (Å²) >= 11 is 1.41. The van der Waals surface area contributed by atoms with Crippen LogP contribution >= 0.6 is 11.3 Å². The SMILES string of the molecule is COc1cccc(CNC(=O)c2ccc(-c3ccnc(Nc4cccc(CCCN5CCOCC5)c4)n3)s2)c1. The Kier molecular flexibility index (Phi) is 9.16. The maximum Gasteiger partial charge on any atom is 0.261 e. The number of carbonyl (C=O) groups excluding carboxylic acids is 1. The van der Waals surface area contributed by atoms with Crippen LogP contribution in [0, 0.1) is 0 Å². The molecule has 0 spiro atoms. The van der Waals surface area contributed by atoms with E-state index in [-0.39, 0.29) is 5.91 Å². The quantitative estimate of drug-likeness (QED) is 0.270. The van der Waals surface area contributed by atoms with E-state index in [1.807, 2.05) is 48.5 Å². The normalized spacial score (nSPS) is 13.7. The Hall–Kier alpha value is -3.79. The highest BCUT2D eigenvalue weighted by atomic mass is 32.1. The fourth-order valence-electron chi connectivity index (χ4n) is 4.47. The lowest BCUT2D eigenvalue weighted by atomic mass is 10.1. The highest BCUT2D eigenvalue weighted by Crippen LogP contribution is 2.28. The molecule has 8 nitrogen and oxygen atoms in total. The largest absolute Gasteiger partial charge is 0.497 e. The van der Waals surface area contributed by atoms with Gasteiger partial charge in [0.15, 0.2) is 0 Å². The van der Waals surface area contributed by atoms with Crippen molar-refractivity contribution in [2.24, 2.45) is 0 Å². The summed E-state index contributed by atoms with van der Waals surface area (Å²) < 4.78 is 10.7. The Morgan fingerprint density at radius 1 is 1.05 bits per heavy atom. The molecule has 1 aliphatic rings. The number of thiophene rings is 1. The fourth-order valence-corrected chi connectivity index (χ4v) is 5.36. The van der Waals surface area contributed by atoms with E-state index in [1.54, 1.807) is 13.3 Å². The molecule has 202 valence electrons. The lowest BCUT2D eigenvalue weighted by Crippen LogP contribution is -2.36. The molecule has 39 heavy (non-hydrogen) atoms. The zero-order valence-corrected chi connectivity index (χ0v) is 22.9. The minimum absolute atomic E-state index is 0.119. The van der Waals surface area contributed by atoms with Crippen molar-refractivity contribution in [3.05, 3.63) is 88.9 Å². The number of benzene rings is 2. The molecule has 5 rings (SSSR count). The van der Waals surface area contributed by atoms with Gasteiger partial charge in [-0.1, -0.05) is 24.3 Å². The first-order valence-electron chi connectivity index (χ1n) is 13.2. The van der Waals surface area contributed by atoms with Crippen molar-refractivity contribution in [3.8, 4) is 16.3 Å². The molecule has 0 atom stereocenters. The maximum atomic E-state index is 12.7. The zero-order valence-electron chi connectivity index (χ0n) is 22.1. The number of methoxy groups -OCH3 is 1. The average molecular weight is 544 g/mol. The summed E-state index contributed by atoms with van der Waals surface area (Å²) in [5.41, 5.74) is 3.99. The number of hydrogen-bond donors (Lipinski definition) is 2. The lowest BCUT2D eigenvalue weighted by Gasteiger charge is -2.26. The number of hydrogen-bond acceptors (Lipinski definition) is 8. The second-order valence-electron chi connectivity index (χ2n) is 9.35. The number of aryl methyl sites for hydroxylation is 1. The van der Waals surface area contributed by atoms with Crippen molar-refractivity contribution >= 4 is 28.9 Å². The van der Waals surface area contributed by atoms with Crippen LogP contribution in [0.3, 0.4) is 0 Å². The van der Waals surface area contributed by atoms with E-state index in [0.29, 0.717) is 17.4 Å². The number of nitrogens with one attached hydrogen (secondary N) is 2. The summed E-state index contributed by atoms with van der Waals surface area (Å²) in [6.45, 7) is 5.24. The van der Waals surface area contributed by atoms with E-state index >= 15 is 0 Å². The molecule has 1 amide bonds. The van der Waals surface area contributed by atoms with Crippen molar-refractivity contribution < 1.29 is 14.3 Å². The third-order valence-corrected chi connectivity index (χ3v) is 7.66. The number of anilines is 2. The molecule has 2 aromatic heterocycles. The molecule has 2 N–H and O–H groups in total. The number of nitrogens with zero attached hydrogens (tertiary/aromatic N) is 3. The lowest BCUT2D eigenvalue weighted by molar-refractivity contribution is 0.0375. The molecule has 0 aliphatic carbocycles.